The van der Waals surface area contributed by atoms with Crippen molar-refractivity contribution in [1.82, 2.24) is 24.5 Å². The number of halogens is 1. The molecule has 10 heteroatoms. The van der Waals surface area contributed by atoms with Crippen molar-refractivity contribution >= 4 is 28.6 Å². The maximum Gasteiger partial charge on any atom is 0.248 e. The summed E-state index contributed by atoms with van der Waals surface area (Å²) in [5.41, 5.74) is 9.86. The summed E-state index contributed by atoms with van der Waals surface area (Å²) in [4.78, 5) is 28.5. The Morgan fingerprint density at radius 1 is 1.14 bits per heavy atom. The van der Waals surface area contributed by atoms with Gasteiger partial charge < -0.3 is 20.4 Å². The van der Waals surface area contributed by atoms with Gasteiger partial charge >= 0.3 is 0 Å². The molecule has 1 aromatic carbocycles. The summed E-state index contributed by atoms with van der Waals surface area (Å²) in [5.74, 6) is -0.0310. The van der Waals surface area contributed by atoms with E-state index in [0.717, 1.165) is 11.8 Å². The molecular weight excluding hydrogens is 461 g/mol. The number of hydrogen-bond acceptors (Lipinski definition) is 7. The van der Waals surface area contributed by atoms with Crippen LogP contribution in [-0.4, -0.2) is 30.4 Å². The minimum Gasteiger partial charge on any atom is -0.436 e. The predicted octanol–water partition coefficient (Wildman–Crippen LogP) is 4.82. The Balaban J connectivity index is 1.59. The summed E-state index contributed by atoms with van der Waals surface area (Å²) in [5, 5.41) is 2.60. The Morgan fingerprint density at radius 2 is 2.00 bits per heavy atom. The van der Waals surface area contributed by atoms with Gasteiger partial charge in [0.05, 0.1) is 11.2 Å². The van der Waals surface area contributed by atoms with Crippen molar-refractivity contribution in [2.24, 2.45) is 0 Å². The van der Waals surface area contributed by atoms with E-state index in [-0.39, 0.29) is 17.5 Å². The highest BCUT2D eigenvalue weighted by molar-refractivity contribution is 5.98. The number of aromatic nitrogens is 5. The second-order valence-corrected chi connectivity index (χ2v) is 7.82. The number of nitrogens with one attached hydrogen (secondary N) is 1. The molecular formula is C26H20FN7O2. The van der Waals surface area contributed by atoms with Crippen LogP contribution in [-0.2, 0) is 4.79 Å². The molecule has 0 aliphatic carbocycles. The van der Waals surface area contributed by atoms with Gasteiger partial charge in [-0.15, -0.1) is 0 Å². The predicted molar refractivity (Wildman–Crippen MR) is 134 cm³/mol. The van der Waals surface area contributed by atoms with Crippen molar-refractivity contribution in [1.29, 1.82) is 0 Å². The third-order valence-corrected chi connectivity index (χ3v) is 5.36. The van der Waals surface area contributed by atoms with Gasteiger partial charge in [-0.1, -0.05) is 12.6 Å². The number of benzene rings is 1. The van der Waals surface area contributed by atoms with Crippen LogP contribution < -0.4 is 15.8 Å². The van der Waals surface area contributed by atoms with E-state index in [1.807, 2.05) is 19.1 Å². The molecule has 0 aliphatic rings. The van der Waals surface area contributed by atoms with Crippen molar-refractivity contribution in [2.75, 3.05) is 11.1 Å². The summed E-state index contributed by atoms with van der Waals surface area (Å²) in [6.45, 7) is 5.25. The second kappa shape index (κ2) is 9.26. The van der Waals surface area contributed by atoms with E-state index in [1.165, 1.54) is 18.5 Å². The quantitative estimate of drug-likeness (QED) is 0.333. The molecule has 3 N–H and O–H groups in total. The first-order valence-corrected chi connectivity index (χ1v) is 10.9. The molecule has 4 heterocycles. The number of nitrogen functional groups attached to an aromatic ring is 1. The van der Waals surface area contributed by atoms with Crippen LogP contribution in [0.4, 0.5) is 16.0 Å². The van der Waals surface area contributed by atoms with Crippen LogP contribution in [0.2, 0.25) is 0 Å². The number of anilines is 2. The van der Waals surface area contributed by atoms with Gasteiger partial charge in [0.25, 0.3) is 0 Å². The fourth-order valence-electron chi connectivity index (χ4n) is 3.73. The van der Waals surface area contributed by atoms with E-state index in [2.05, 4.69) is 31.8 Å². The number of nitrogens with two attached hydrogens (primary N) is 1. The average molecular weight is 481 g/mol. The average Bonchev–Trinajstić information content (AvgIpc) is 3.27. The van der Waals surface area contributed by atoms with E-state index >= 15 is 4.39 Å². The maximum atomic E-state index is 15.2. The van der Waals surface area contributed by atoms with Crippen LogP contribution in [0, 0.1) is 12.7 Å². The number of carbonyl (C=O) groups excluding carboxylic acids is 1. The van der Waals surface area contributed by atoms with Crippen molar-refractivity contribution in [3.63, 3.8) is 0 Å². The molecule has 0 saturated carbocycles. The number of aryl methyl sites for hydroxylation is 1. The largest absolute Gasteiger partial charge is 0.436 e. The molecule has 4 aromatic heterocycles. The summed E-state index contributed by atoms with van der Waals surface area (Å²) in [7, 11) is 0. The van der Waals surface area contributed by atoms with E-state index in [4.69, 9.17) is 10.5 Å². The van der Waals surface area contributed by atoms with Gasteiger partial charge in [-0.05, 0) is 49.4 Å². The Hall–Kier alpha value is -5.12. The van der Waals surface area contributed by atoms with Crippen LogP contribution in [0.1, 0.15) is 5.69 Å². The van der Waals surface area contributed by atoms with Gasteiger partial charge in [-0.3, -0.25) is 4.79 Å². The van der Waals surface area contributed by atoms with Crippen molar-refractivity contribution < 1.29 is 13.9 Å². The topological polar surface area (TPSA) is 121 Å². The first-order chi connectivity index (χ1) is 17.4. The zero-order chi connectivity index (χ0) is 25.2. The molecule has 0 atom stereocenters. The maximum absolute atomic E-state index is 15.2. The van der Waals surface area contributed by atoms with Gasteiger partial charge in [-0.2, -0.15) is 0 Å². The molecule has 0 bridgehead atoms. The number of pyridine rings is 2. The minimum absolute atomic E-state index is 0.0306. The first-order valence-electron chi connectivity index (χ1n) is 10.9. The van der Waals surface area contributed by atoms with Gasteiger partial charge in [-0.25, -0.2) is 24.3 Å². The molecule has 0 aliphatic heterocycles. The molecule has 0 saturated heterocycles. The zero-order valence-electron chi connectivity index (χ0n) is 19.1. The smallest absolute Gasteiger partial charge is 0.248 e. The normalized spacial score (nSPS) is 10.8. The fraction of sp³-hybridized carbons (Fsp3) is 0.0385. The van der Waals surface area contributed by atoms with E-state index in [0.29, 0.717) is 39.7 Å². The number of hydrogen-bond donors (Lipinski definition) is 2. The number of fused-ring (bicyclic) bond motifs is 1. The molecule has 5 aromatic rings. The van der Waals surface area contributed by atoms with E-state index in [9.17, 15) is 4.79 Å². The molecule has 0 spiro atoms. The zero-order valence-corrected chi connectivity index (χ0v) is 19.1. The Morgan fingerprint density at radius 3 is 2.72 bits per heavy atom. The number of ether oxygens (including phenoxy) is 1. The van der Waals surface area contributed by atoms with Crippen LogP contribution in [0.3, 0.4) is 0 Å². The van der Waals surface area contributed by atoms with Crippen LogP contribution in [0.5, 0.6) is 11.6 Å². The number of rotatable bonds is 6. The van der Waals surface area contributed by atoms with Crippen molar-refractivity contribution in [3.8, 4) is 28.6 Å². The SMILES string of the molecule is C=CC(=O)Nc1ccc(-c2cc3ncnc(N)c3n2-c2ccc(Oc3cccc(C)n3)c(F)c2)cn1. The Bertz CT molecular complexity index is 1610. The lowest BCUT2D eigenvalue weighted by Crippen LogP contribution is -2.08. The van der Waals surface area contributed by atoms with E-state index in [1.54, 1.807) is 41.1 Å². The Kier molecular flexibility index (Phi) is 5.83. The highest BCUT2D eigenvalue weighted by Gasteiger charge is 2.18. The van der Waals surface area contributed by atoms with E-state index < -0.39 is 5.82 Å². The molecule has 1 amide bonds. The first kappa shape index (κ1) is 22.7. The van der Waals surface area contributed by atoms with Crippen molar-refractivity contribution in [2.45, 2.75) is 6.92 Å². The lowest BCUT2D eigenvalue weighted by molar-refractivity contribution is -0.111. The molecule has 36 heavy (non-hydrogen) atoms. The lowest BCUT2D eigenvalue weighted by Gasteiger charge is -2.14. The third kappa shape index (κ3) is 4.34. The third-order valence-electron chi connectivity index (χ3n) is 5.36. The molecule has 5 rings (SSSR count). The summed E-state index contributed by atoms with van der Waals surface area (Å²) in [6.07, 6.45) is 4.11. The standard InChI is InChI=1S/C26H20FN7O2/c1-3-23(35)33-22-10-7-16(13-29-22)20-12-19-25(26(28)31-14-30-19)34(20)17-8-9-21(18(27)11-17)36-24-6-4-5-15(2)32-24/h3-14H,1H2,2H3,(H2,28,30,31)(H,29,33,35). The van der Waals surface area contributed by atoms with Gasteiger partial charge in [0.15, 0.2) is 17.4 Å². The van der Waals surface area contributed by atoms with Gasteiger partial charge in [0.2, 0.25) is 11.8 Å². The second-order valence-electron chi connectivity index (χ2n) is 7.82. The van der Waals surface area contributed by atoms with Crippen molar-refractivity contribution in [3.05, 3.63) is 91.3 Å². The lowest BCUT2D eigenvalue weighted by atomic mass is 10.2. The summed E-state index contributed by atoms with van der Waals surface area (Å²) >= 11 is 0. The monoisotopic (exact) mass is 481 g/mol. The highest BCUT2D eigenvalue weighted by atomic mass is 19.1. The Labute approximate surface area is 205 Å². The van der Waals surface area contributed by atoms with Crippen LogP contribution >= 0.6 is 0 Å². The number of carbonyl (C=O) groups is 1. The van der Waals surface area contributed by atoms with Gasteiger partial charge in [0.1, 0.15) is 17.7 Å². The van der Waals surface area contributed by atoms with Crippen LogP contribution in [0.15, 0.2) is 79.8 Å². The molecule has 178 valence electrons. The molecule has 9 nitrogen and oxygen atoms in total. The summed E-state index contributed by atoms with van der Waals surface area (Å²) in [6, 6.07) is 15.1. The number of amides is 1. The molecule has 0 unspecified atom stereocenters. The molecule has 0 fully saturated rings. The fourth-order valence-corrected chi connectivity index (χ4v) is 3.73. The summed E-state index contributed by atoms with van der Waals surface area (Å²) < 4.78 is 22.6. The molecule has 0 radical (unpaired) electrons. The minimum atomic E-state index is -0.584. The highest BCUT2D eigenvalue weighted by Crippen LogP contribution is 2.34. The number of nitrogens with zero attached hydrogens (tertiary/aromatic N) is 5. The van der Waals surface area contributed by atoms with Crippen LogP contribution in [0.25, 0.3) is 28.0 Å². The van der Waals surface area contributed by atoms with Gasteiger partial charge in [0, 0.05) is 35.3 Å².